The topological polar surface area (TPSA) is 75.7 Å². The van der Waals surface area contributed by atoms with E-state index in [1.165, 1.54) is 16.4 Å². The lowest BCUT2D eigenvalue weighted by atomic mass is 10.2. The summed E-state index contributed by atoms with van der Waals surface area (Å²) in [5, 5.41) is 2.75. The quantitative estimate of drug-likeness (QED) is 0.874. The van der Waals surface area contributed by atoms with Gasteiger partial charge < -0.3 is 10.1 Å². The first-order valence-electron chi connectivity index (χ1n) is 7.02. The second-order valence-corrected chi connectivity index (χ2v) is 6.73. The molecule has 1 aromatic rings. The van der Waals surface area contributed by atoms with Crippen LogP contribution in [0.5, 0.6) is 0 Å². The summed E-state index contributed by atoms with van der Waals surface area (Å²) < 4.78 is 31.4. The van der Waals surface area contributed by atoms with Gasteiger partial charge in [-0.15, -0.1) is 0 Å². The average molecular weight is 312 g/mol. The van der Waals surface area contributed by atoms with Crippen molar-refractivity contribution < 1.29 is 17.9 Å². The molecule has 0 bridgehead atoms. The highest BCUT2D eigenvalue weighted by atomic mass is 32.2. The van der Waals surface area contributed by atoms with E-state index in [1.54, 1.807) is 12.1 Å². The first kappa shape index (κ1) is 15.9. The molecule has 0 spiro atoms. The molecule has 0 radical (unpaired) electrons. The number of morpholine rings is 1. The van der Waals surface area contributed by atoms with E-state index in [1.807, 2.05) is 6.92 Å². The molecule has 1 amide bonds. The van der Waals surface area contributed by atoms with Crippen LogP contribution in [0.15, 0.2) is 29.2 Å². The Morgan fingerprint density at radius 1 is 1.24 bits per heavy atom. The second-order valence-electron chi connectivity index (χ2n) is 4.80. The molecule has 1 aliphatic rings. The SMILES string of the molecule is CCCNC(=O)c1ccc(S(=O)(=O)N2CCOCC2)cc1. The zero-order chi connectivity index (χ0) is 15.3. The minimum Gasteiger partial charge on any atom is -0.379 e. The van der Waals surface area contributed by atoms with Crippen molar-refractivity contribution in [2.45, 2.75) is 18.2 Å². The number of rotatable bonds is 5. The number of nitrogens with one attached hydrogen (secondary N) is 1. The van der Waals surface area contributed by atoms with Crippen molar-refractivity contribution in [3.63, 3.8) is 0 Å². The van der Waals surface area contributed by atoms with Crippen LogP contribution in [-0.4, -0.2) is 51.5 Å². The largest absolute Gasteiger partial charge is 0.379 e. The van der Waals surface area contributed by atoms with E-state index < -0.39 is 10.0 Å². The first-order valence-corrected chi connectivity index (χ1v) is 8.46. The summed E-state index contributed by atoms with van der Waals surface area (Å²) in [5.41, 5.74) is 0.462. The Labute approximate surface area is 125 Å². The summed E-state index contributed by atoms with van der Waals surface area (Å²) in [4.78, 5) is 12.0. The molecular formula is C14H20N2O4S. The van der Waals surface area contributed by atoms with Crippen LogP contribution in [0.2, 0.25) is 0 Å². The number of carbonyl (C=O) groups excluding carboxylic acids is 1. The molecular weight excluding hydrogens is 292 g/mol. The normalized spacial score (nSPS) is 16.6. The molecule has 6 nitrogen and oxygen atoms in total. The number of hydrogen-bond donors (Lipinski definition) is 1. The van der Waals surface area contributed by atoms with Gasteiger partial charge in [-0.05, 0) is 30.7 Å². The van der Waals surface area contributed by atoms with Crippen LogP contribution in [0.1, 0.15) is 23.7 Å². The van der Waals surface area contributed by atoms with E-state index in [0.717, 1.165) is 6.42 Å². The Morgan fingerprint density at radius 2 is 1.86 bits per heavy atom. The van der Waals surface area contributed by atoms with E-state index in [-0.39, 0.29) is 10.8 Å². The lowest BCUT2D eigenvalue weighted by molar-refractivity contribution is 0.0730. The predicted molar refractivity (Wildman–Crippen MR) is 78.6 cm³/mol. The summed E-state index contributed by atoms with van der Waals surface area (Å²) in [5.74, 6) is -0.188. The van der Waals surface area contributed by atoms with Crippen molar-refractivity contribution in [1.82, 2.24) is 9.62 Å². The van der Waals surface area contributed by atoms with Gasteiger partial charge in [-0.2, -0.15) is 4.31 Å². The van der Waals surface area contributed by atoms with E-state index in [4.69, 9.17) is 4.74 Å². The molecule has 0 aromatic heterocycles. The van der Waals surface area contributed by atoms with Crippen molar-refractivity contribution in [3.05, 3.63) is 29.8 Å². The van der Waals surface area contributed by atoms with Gasteiger partial charge in [0.15, 0.2) is 0 Å². The fourth-order valence-corrected chi connectivity index (χ4v) is 3.46. The third-order valence-corrected chi connectivity index (χ3v) is 5.17. The third kappa shape index (κ3) is 3.81. The predicted octanol–water partition coefficient (Wildman–Crippen LogP) is 0.847. The van der Waals surface area contributed by atoms with E-state index in [0.29, 0.717) is 38.4 Å². The van der Waals surface area contributed by atoms with Gasteiger partial charge in [-0.1, -0.05) is 6.92 Å². The van der Waals surface area contributed by atoms with E-state index >= 15 is 0 Å². The Morgan fingerprint density at radius 3 is 2.43 bits per heavy atom. The number of sulfonamides is 1. The number of amides is 1. The van der Waals surface area contributed by atoms with Crippen molar-refractivity contribution in [1.29, 1.82) is 0 Å². The highest BCUT2D eigenvalue weighted by molar-refractivity contribution is 7.89. The molecule has 0 aliphatic carbocycles. The smallest absolute Gasteiger partial charge is 0.251 e. The second kappa shape index (κ2) is 7.02. The summed E-state index contributed by atoms with van der Waals surface area (Å²) in [6.07, 6.45) is 0.856. The van der Waals surface area contributed by atoms with Gasteiger partial charge in [0.05, 0.1) is 18.1 Å². The fraction of sp³-hybridized carbons (Fsp3) is 0.500. The molecule has 2 rings (SSSR count). The summed E-state index contributed by atoms with van der Waals surface area (Å²) in [7, 11) is -3.50. The van der Waals surface area contributed by atoms with Gasteiger partial charge in [0.25, 0.3) is 5.91 Å². The summed E-state index contributed by atoms with van der Waals surface area (Å²) >= 11 is 0. The monoisotopic (exact) mass is 312 g/mol. The molecule has 1 heterocycles. The minimum absolute atomic E-state index is 0.188. The number of benzene rings is 1. The Hall–Kier alpha value is -1.44. The van der Waals surface area contributed by atoms with Gasteiger partial charge in [-0.25, -0.2) is 8.42 Å². The number of carbonyl (C=O) groups is 1. The van der Waals surface area contributed by atoms with Gasteiger partial charge in [-0.3, -0.25) is 4.79 Å². The molecule has 0 saturated carbocycles. The third-order valence-electron chi connectivity index (χ3n) is 3.26. The van der Waals surface area contributed by atoms with Crippen molar-refractivity contribution in [2.24, 2.45) is 0 Å². The van der Waals surface area contributed by atoms with Crippen LogP contribution >= 0.6 is 0 Å². The zero-order valence-electron chi connectivity index (χ0n) is 12.0. The lowest BCUT2D eigenvalue weighted by Crippen LogP contribution is -2.40. The summed E-state index contributed by atoms with van der Waals surface area (Å²) in [6, 6.07) is 6.04. The number of ether oxygens (including phenoxy) is 1. The molecule has 0 atom stereocenters. The van der Waals surface area contributed by atoms with Crippen molar-refractivity contribution >= 4 is 15.9 Å². The van der Waals surface area contributed by atoms with Crippen molar-refractivity contribution in [3.8, 4) is 0 Å². The zero-order valence-corrected chi connectivity index (χ0v) is 12.9. The van der Waals surface area contributed by atoms with E-state index in [9.17, 15) is 13.2 Å². The van der Waals surface area contributed by atoms with Gasteiger partial charge >= 0.3 is 0 Å². The Bertz CT molecular complexity index is 577. The first-order chi connectivity index (χ1) is 10.1. The molecule has 21 heavy (non-hydrogen) atoms. The maximum atomic E-state index is 12.4. The van der Waals surface area contributed by atoms with Gasteiger partial charge in [0, 0.05) is 25.2 Å². The van der Waals surface area contributed by atoms with Crippen LogP contribution in [0.3, 0.4) is 0 Å². The van der Waals surface area contributed by atoms with Crippen LogP contribution in [0.25, 0.3) is 0 Å². The molecule has 116 valence electrons. The van der Waals surface area contributed by atoms with Gasteiger partial charge in [0.2, 0.25) is 10.0 Å². The average Bonchev–Trinajstić information content (AvgIpc) is 2.53. The minimum atomic E-state index is -3.50. The molecule has 1 aromatic carbocycles. The van der Waals surface area contributed by atoms with Gasteiger partial charge in [0.1, 0.15) is 0 Å². The Balaban J connectivity index is 2.12. The maximum absolute atomic E-state index is 12.4. The standard InChI is InChI=1S/C14H20N2O4S/c1-2-7-15-14(17)12-3-5-13(6-4-12)21(18,19)16-8-10-20-11-9-16/h3-6H,2,7-11H2,1H3,(H,15,17). The Kier molecular flexibility index (Phi) is 5.33. The summed E-state index contributed by atoms with van der Waals surface area (Å²) in [6.45, 7) is 4.13. The highest BCUT2D eigenvalue weighted by Crippen LogP contribution is 2.17. The van der Waals surface area contributed by atoms with Crippen molar-refractivity contribution in [2.75, 3.05) is 32.8 Å². The van der Waals surface area contributed by atoms with Crippen LogP contribution in [-0.2, 0) is 14.8 Å². The van der Waals surface area contributed by atoms with Crippen LogP contribution in [0.4, 0.5) is 0 Å². The fourth-order valence-electron chi connectivity index (χ4n) is 2.05. The van der Waals surface area contributed by atoms with Crippen LogP contribution in [0, 0.1) is 0 Å². The molecule has 1 fully saturated rings. The molecule has 0 unspecified atom stereocenters. The number of hydrogen-bond acceptors (Lipinski definition) is 4. The maximum Gasteiger partial charge on any atom is 0.251 e. The lowest BCUT2D eigenvalue weighted by Gasteiger charge is -2.26. The van der Waals surface area contributed by atoms with Crippen LogP contribution < -0.4 is 5.32 Å². The molecule has 1 N–H and O–H groups in total. The van der Waals surface area contributed by atoms with E-state index in [2.05, 4.69) is 5.32 Å². The highest BCUT2D eigenvalue weighted by Gasteiger charge is 2.26. The molecule has 7 heteroatoms. The molecule has 1 aliphatic heterocycles. The molecule has 1 saturated heterocycles. The number of nitrogens with zero attached hydrogens (tertiary/aromatic N) is 1.